The molecule has 0 heterocycles. The van der Waals surface area contributed by atoms with E-state index in [0.29, 0.717) is 0 Å². The van der Waals surface area contributed by atoms with Gasteiger partial charge in [0.15, 0.2) is 11.5 Å². The Balaban J connectivity index is 2.78. The lowest BCUT2D eigenvalue weighted by Crippen LogP contribution is -2.39. The summed E-state index contributed by atoms with van der Waals surface area (Å²) in [7, 11) is 0. The van der Waals surface area contributed by atoms with Gasteiger partial charge >= 0.3 is 6.18 Å². The van der Waals surface area contributed by atoms with Crippen LogP contribution >= 0.6 is 0 Å². The highest BCUT2D eigenvalue weighted by atomic mass is 19.4. The van der Waals surface area contributed by atoms with Crippen LogP contribution in [0.25, 0.3) is 0 Å². The first-order valence-electron chi connectivity index (χ1n) is 4.14. The fraction of sp³-hybridized carbons (Fsp3) is 0.333. The molecule has 4 N–H and O–H groups in total. The van der Waals surface area contributed by atoms with E-state index < -0.39 is 24.4 Å². The third-order valence-electron chi connectivity index (χ3n) is 1.92. The third kappa shape index (κ3) is 3.02. The van der Waals surface area contributed by atoms with Gasteiger partial charge in [-0.05, 0) is 24.1 Å². The van der Waals surface area contributed by atoms with Gasteiger partial charge in [0.1, 0.15) is 6.04 Å². The van der Waals surface area contributed by atoms with E-state index in [4.69, 9.17) is 15.9 Å². The second-order valence-electron chi connectivity index (χ2n) is 3.18. The van der Waals surface area contributed by atoms with Crippen molar-refractivity contribution < 1.29 is 23.4 Å². The number of alkyl halides is 3. The normalized spacial score (nSPS) is 13.9. The average molecular weight is 221 g/mol. The second-order valence-corrected chi connectivity index (χ2v) is 3.18. The van der Waals surface area contributed by atoms with E-state index in [1.54, 1.807) is 0 Å². The number of benzene rings is 1. The van der Waals surface area contributed by atoms with Crippen LogP contribution in [0.2, 0.25) is 0 Å². The standard InChI is InChI=1S/C9H10F3NO2/c10-9(11,12)8(13)4-5-1-2-6(14)7(15)3-5/h1-3,8,14-15H,4,13H2/t8-/m0/s1. The molecule has 0 radical (unpaired) electrons. The van der Waals surface area contributed by atoms with Crippen molar-refractivity contribution in [1.29, 1.82) is 0 Å². The molecule has 1 aromatic rings. The SMILES string of the molecule is N[C@@H](Cc1ccc(O)c(O)c1)C(F)(F)F. The molecule has 0 spiro atoms. The molecular formula is C9H10F3NO2. The lowest BCUT2D eigenvalue weighted by Gasteiger charge is -2.15. The Morgan fingerprint density at radius 2 is 1.80 bits per heavy atom. The van der Waals surface area contributed by atoms with E-state index >= 15 is 0 Å². The number of nitrogens with two attached hydrogens (primary N) is 1. The Bertz CT molecular complexity index is 352. The van der Waals surface area contributed by atoms with Crippen LogP contribution in [0.3, 0.4) is 0 Å². The topological polar surface area (TPSA) is 66.5 Å². The van der Waals surface area contributed by atoms with Crippen molar-refractivity contribution in [3.63, 3.8) is 0 Å². The van der Waals surface area contributed by atoms with Crippen molar-refractivity contribution >= 4 is 0 Å². The molecule has 1 rings (SSSR count). The molecular weight excluding hydrogens is 211 g/mol. The summed E-state index contributed by atoms with van der Waals surface area (Å²) in [5.74, 6) is -0.832. The molecule has 1 atom stereocenters. The average Bonchev–Trinajstić information content (AvgIpc) is 2.10. The Hall–Kier alpha value is -1.43. The number of phenols is 2. The molecule has 84 valence electrons. The molecule has 0 aliphatic carbocycles. The molecule has 0 aliphatic heterocycles. The van der Waals surface area contributed by atoms with Gasteiger partial charge in [0.2, 0.25) is 0 Å². The summed E-state index contributed by atoms with van der Waals surface area (Å²) in [6, 6.07) is 1.48. The second kappa shape index (κ2) is 3.98. The van der Waals surface area contributed by atoms with E-state index in [-0.39, 0.29) is 11.3 Å². The molecule has 0 saturated heterocycles. The third-order valence-corrected chi connectivity index (χ3v) is 1.92. The van der Waals surface area contributed by atoms with Crippen molar-refractivity contribution in [2.24, 2.45) is 5.73 Å². The minimum atomic E-state index is -4.46. The first-order valence-corrected chi connectivity index (χ1v) is 4.14. The highest BCUT2D eigenvalue weighted by molar-refractivity contribution is 5.40. The maximum atomic E-state index is 12.1. The molecule has 0 bridgehead atoms. The Morgan fingerprint density at radius 1 is 1.20 bits per heavy atom. The summed E-state index contributed by atoms with van der Waals surface area (Å²) in [4.78, 5) is 0. The number of aromatic hydroxyl groups is 2. The van der Waals surface area contributed by atoms with Gasteiger partial charge in [-0.25, -0.2) is 0 Å². The van der Waals surface area contributed by atoms with E-state index in [2.05, 4.69) is 0 Å². The van der Waals surface area contributed by atoms with Gasteiger partial charge in [-0.2, -0.15) is 13.2 Å². The highest BCUT2D eigenvalue weighted by Crippen LogP contribution is 2.27. The summed E-state index contributed by atoms with van der Waals surface area (Å²) in [6.45, 7) is 0. The van der Waals surface area contributed by atoms with Gasteiger partial charge in [0, 0.05) is 0 Å². The fourth-order valence-electron chi connectivity index (χ4n) is 1.07. The summed E-state index contributed by atoms with van der Waals surface area (Å²) in [6.07, 6.45) is -4.90. The number of phenolic OH excluding ortho intramolecular Hbond substituents is 2. The quantitative estimate of drug-likeness (QED) is 0.663. The molecule has 0 aromatic heterocycles. The molecule has 0 fully saturated rings. The predicted octanol–water partition coefficient (Wildman–Crippen LogP) is 1.53. The molecule has 0 aliphatic rings. The zero-order chi connectivity index (χ0) is 11.6. The van der Waals surface area contributed by atoms with Crippen LogP contribution in [-0.2, 0) is 6.42 Å². The molecule has 0 saturated carbocycles. The van der Waals surface area contributed by atoms with Crippen LogP contribution in [0, 0.1) is 0 Å². The van der Waals surface area contributed by atoms with Crippen LogP contribution in [-0.4, -0.2) is 22.4 Å². The number of hydrogen-bond acceptors (Lipinski definition) is 3. The van der Waals surface area contributed by atoms with Crippen LogP contribution in [0.4, 0.5) is 13.2 Å². The van der Waals surface area contributed by atoms with Crippen LogP contribution < -0.4 is 5.73 Å². The Morgan fingerprint density at radius 3 is 2.27 bits per heavy atom. The summed E-state index contributed by atoms with van der Waals surface area (Å²) >= 11 is 0. The van der Waals surface area contributed by atoms with E-state index in [1.165, 1.54) is 6.07 Å². The van der Waals surface area contributed by atoms with Crippen molar-refractivity contribution in [2.75, 3.05) is 0 Å². The minimum absolute atomic E-state index is 0.218. The van der Waals surface area contributed by atoms with Crippen molar-refractivity contribution in [1.82, 2.24) is 0 Å². The monoisotopic (exact) mass is 221 g/mol. The van der Waals surface area contributed by atoms with Gasteiger partial charge < -0.3 is 15.9 Å². The van der Waals surface area contributed by atoms with E-state index in [9.17, 15) is 13.2 Å². The van der Waals surface area contributed by atoms with Crippen molar-refractivity contribution in [2.45, 2.75) is 18.6 Å². The minimum Gasteiger partial charge on any atom is -0.504 e. The van der Waals surface area contributed by atoms with Crippen LogP contribution in [0.1, 0.15) is 5.56 Å². The maximum absolute atomic E-state index is 12.1. The maximum Gasteiger partial charge on any atom is 0.403 e. The van der Waals surface area contributed by atoms with Gasteiger partial charge in [-0.15, -0.1) is 0 Å². The smallest absolute Gasteiger partial charge is 0.403 e. The largest absolute Gasteiger partial charge is 0.504 e. The summed E-state index contributed by atoms with van der Waals surface area (Å²) in [5, 5.41) is 18.0. The van der Waals surface area contributed by atoms with Gasteiger partial charge in [0.25, 0.3) is 0 Å². The zero-order valence-corrected chi connectivity index (χ0v) is 7.62. The number of rotatable bonds is 2. The Kier molecular flexibility index (Phi) is 3.09. The molecule has 6 heteroatoms. The highest BCUT2D eigenvalue weighted by Gasteiger charge is 2.36. The fourth-order valence-corrected chi connectivity index (χ4v) is 1.07. The lowest BCUT2D eigenvalue weighted by atomic mass is 10.1. The summed E-state index contributed by atoms with van der Waals surface area (Å²) < 4.78 is 36.2. The van der Waals surface area contributed by atoms with E-state index in [0.717, 1.165) is 12.1 Å². The zero-order valence-electron chi connectivity index (χ0n) is 7.62. The first-order chi connectivity index (χ1) is 6.80. The van der Waals surface area contributed by atoms with Crippen molar-refractivity contribution in [3.8, 4) is 11.5 Å². The first kappa shape index (κ1) is 11.6. The predicted molar refractivity (Wildman–Crippen MR) is 47.5 cm³/mol. The lowest BCUT2D eigenvalue weighted by molar-refractivity contribution is -0.147. The van der Waals surface area contributed by atoms with Gasteiger partial charge in [0.05, 0.1) is 0 Å². The van der Waals surface area contributed by atoms with Crippen LogP contribution in [0.5, 0.6) is 11.5 Å². The number of hydrogen-bond donors (Lipinski definition) is 3. The molecule has 15 heavy (non-hydrogen) atoms. The molecule has 0 unspecified atom stereocenters. The molecule has 3 nitrogen and oxygen atoms in total. The van der Waals surface area contributed by atoms with Gasteiger partial charge in [-0.1, -0.05) is 6.07 Å². The Labute approximate surface area is 84.0 Å². The van der Waals surface area contributed by atoms with Crippen LogP contribution in [0.15, 0.2) is 18.2 Å². The van der Waals surface area contributed by atoms with Gasteiger partial charge in [-0.3, -0.25) is 0 Å². The van der Waals surface area contributed by atoms with E-state index in [1.807, 2.05) is 0 Å². The molecule has 0 amide bonds. The van der Waals surface area contributed by atoms with Crippen molar-refractivity contribution in [3.05, 3.63) is 23.8 Å². The molecule has 1 aromatic carbocycles. The number of halogens is 3. The summed E-state index contributed by atoms with van der Waals surface area (Å²) in [5.41, 5.74) is 5.12.